The molecule has 0 radical (unpaired) electrons. The van der Waals surface area contributed by atoms with Crippen molar-refractivity contribution in [1.82, 2.24) is 0 Å². The first-order chi connectivity index (χ1) is 9.88. The van der Waals surface area contributed by atoms with Gasteiger partial charge in [0.2, 0.25) is 0 Å². The molecule has 1 aliphatic carbocycles. The third kappa shape index (κ3) is 2.94. The molecule has 0 aromatic heterocycles. The van der Waals surface area contributed by atoms with Gasteiger partial charge in [-0.2, -0.15) is 0 Å². The van der Waals surface area contributed by atoms with Crippen molar-refractivity contribution in [3.05, 3.63) is 33.6 Å². The Balaban J connectivity index is 2.47. The van der Waals surface area contributed by atoms with Gasteiger partial charge in [-0.3, -0.25) is 10.1 Å². The van der Waals surface area contributed by atoms with E-state index in [0.717, 1.165) is 18.9 Å². The van der Waals surface area contributed by atoms with Crippen molar-refractivity contribution in [3.63, 3.8) is 0 Å². The summed E-state index contributed by atoms with van der Waals surface area (Å²) in [4.78, 5) is 21.2. The van der Waals surface area contributed by atoms with Crippen LogP contribution in [0, 0.1) is 15.9 Å². The highest BCUT2D eigenvalue weighted by Crippen LogP contribution is 2.36. The number of carboxylic acids is 1. The summed E-state index contributed by atoms with van der Waals surface area (Å²) >= 11 is 0. The summed E-state index contributed by atoms with van der Waals surface area (Å²) in [5.41, 5.74) is -2.00. The number of carboxylic acid groups (broad SMARTS) is 1. The van der Waals surface area contributed by atoms with Gasteiger partial charge in [0.1, 0.15) is 11.5 Å². The number of nitro groups is 1. The van der Waals surface area contributed by atoms with Crippen molar-refractivity contribution >= 4 is 17.3 Å². The molecular formula is C13H15FN2O5. The van der Waals surface area contributed by atoms with Gasteiger partial charge in [0.25, 0.3) is 5.69 Å². The molecule has 0 aliphatic heterocycles. The molecule has 21 heavy (non-hydrogen) atoms. The van der Waals surface area contributed by atoms with Crippen molar-refractivity contribution in [2.45, 2.75) is 31.2 Å². The van der Waals surface area contributed by atoms with Crippen molar-refractivity contribution in [2.24, 2.45) is 0 Å². The number of nitrogens with one attached hydrogen (secondary N) is 1. The van der Waals surface area contributed by atoms with E-state index in [-0.39, 0.29) is 12.3 Å². The molecule has 0 saturated heterocycles. The number of hydrogen-bond donors (Lipinski definition) is 3. The van der Waals surface area contributed by atoms with Crippen LogP contribution in [0.1, 0.15) is 36.0 Å². The summed E-state index contributed by atoms with van der Waals surface area (Å²) in [5, 5.41) is 32.3. The second kappa shape index (κ2) is 5.65. The van der Waals surface area contributed by atoms with Crippen molar-refractivity contribution < 1.29 is 24.3 Å². The number of halogens is 1. The highest BCUT2D eigenvalue weighted by atomic mass is 19.1. The number of nitrogens with zero attached hydrogens (tertiary/aromatic N) is 1. The Bertz CT molecular complexity index is 584. The Morgan fingerprint density at radius 2 is 2.05 bits per heavy atom. The maximum absolute atomic E-state index is 13.6. The third-order valence-electron chi connectivity index (χ3n) is 3.78. The third-order valence-corrected chi connectivity index (χ3v) is 3.78. The van der Waals surface area contributed by atoms with E-state index < -0.39 is 33.5 Å². The molecule has 0 bridgehead atoms. The molecular weight excluding hydrogens is 283 g/mol. The van der Waals surface area contributed by atoms with E-state index in [4.69, 9.17) is 5.11 Å². The van der Waals surface area contributed by atoms with E-state index in [9.17, 15) is 24.4 Å². The topological polar surface area (TPSA) is 113 Å². The quantitative estimate of drug-likeness (QED) is 0.567. The van der Waals surface area contributed by atoms with Crippen LogP contribution in [0.15, 0.2) is 12.1 Å². The summed E-state index contributed by atoms with van der Waals surface area (Å²) in [5.74, 6) is -2.67. The number of aromatic carboxylic acids is 1. The molecule has 8 heteroatoms. The zero-order valence-electron chi connectivity index (χ0n) is 11.1. The van der Waals surface area contributed by atoms with E-state index in [2.05, 4.69) is 5.32 Å². The van der Waals surface area contributed by atoms with Crippen LogP contribution in [0.2, 0.25) is 0 Å². The van der Waals surface area contributed by atoms with Gasteiger partial charge in [-0.25, -0.2) is 9.18 Å². The zero-order chi connectivity index (χ0) is 15.6. The zero-order valence-corrected chi connectivity index (χ0v) is 11.1. The molecule has 0 unspecified atom stereocenters. The van der Waals surface area contributed by atoms with Crippen LogP contribution in [0.25, 0.3) is 0 Å². The van der Waals surface area contributed by atoms with Crippen LogP contribution in [-0.4, -0.2) is 33.3 Å². The SMILES string of the molecule is O=C(O)c1cc(NC2(CO)CCCC2)c([N+](=O)[O-])cc1F. The molecule has 0 heterocycles. The van der Waals surface area contributed by atoms with Gasteiger partial charge in [0.05, 0.1) is 28.7 Å². The maximum Gasteiger partial charge on any atom is 0.338 e. The number of hydrogen-bond acceptors (Lipinski definition) is 5. The van der Waals surface area contributed by atoms with E-state index in [1.165, 1.54) is 0 Å². The molecule has 0 atom stereocenters. The molecule has 1 aromatic rings. The number of anilines is 1. The summed E-state index contributed by atoms with van der Waals surface area (Å²) in [6.45, 7) is -0.232. The van der Waals surface area contributed by atoms with Gasteiger partial charge in [0.15, 0.2) is 0 Å². The number of rotatable bonds is 5. The number of carbonyl (C=O) groups is 1. The van der Waals surface area contributed by atoms with Gasteiger partial charge in [-0.1, -0.05) is 12.8 Å². The molecule has 0 amide bonds. The molecule has 114 valence electrons. The molecule has 7 nitrogen and oxygen atoms in total. The number of nitro benzene ring substituents is 1. The number of benzene rings is 1. The molecule has 1 saturated carbocycles. The fraction of sp³-hybridized carbons (Fsp3) is 0.462. The van der Waals surface area contributed by atoms with Crippen LogP contribution in [-0.2, 0) is 0 Å². The summed E-state index contributed by atoms with van der Waals surface area (Å²) in [6, 6.07) is 1.50. The van der Waals surface area contributed by atoms with Crippen LogP contribution in [0.5, 0.6) is 0 Å². The smallest absolute Gasteiger partial charge is 0.338 e. The minimum atomic E-state index is -1.50. The molecule has 2 rings (SSSR count). The van der Waals surface area contributed by atoms with E-state index in [0.29, 0.717) is 18.9 Å². The van der Waals surface area contributed by atoms with Gasteiger partial charge >= 0.3 is 5.97 Å². The first-order valence-electron chi connectivity index (χ1n) is 6.49. The van der Waals surface area contributed by atoms with Gasteiger partial charge in [0, 0.05) is 0 Å². The second-order valence-electron chi connectivity index (χ2n) is 5.18. The Kier molecular flexibility index (Phi) is 4.08. The monoisotopic (exact) mass is 298 g/mol. The number of aliphatic hydroxyl groups excluding tert-OH is 1. The maximum atomic E-state index is 13.6. The largest absolute Gasteiger partial charge is 0.478 e. The second-order valence-corrected chi connectivity index (χ2v) is 5.18. The average Bonchev–Trinajstić information content (AvgIpc) is 2.89. The van der Waals surface area contributed by atoms with Crippen LogP contribution in [0.4, 0.5) is 15.8 Å². The Labute approximate surface area is 119 Å². The summed E-state index contributed by atoms with van der Waals surface area (Å²) in [7, 11) is 0. The van der Waals surface area contributed by atoms with Gasteiger partial charge < -0.3 is 15.5 Å². The van der Waals surface area contributed by atoms with Crippen LogP contribution < -0.4 is 5.32 Å². The number of aliphatic hydroxyl groups is 1. The fourth-order valence-electron chi connectivity index (χ4n) is 2.64. The highest BCUT2D eigenvalue weighted by Gasteiger charge is 2.35. The summed E-state index contributed by atoms with van der Waals surface area (Å²) in [6.07, 6.45) is 2.93. The lowest BCUT2D eigenvalue weighted by Gasteiger charge is -2.29. The molecule has 1 aliphatic rings. The molecule has 1 aromatic carbocycles. The minimum Gasteiger partial charge on any atom is -0.478 e. The standard InChI is InChI=1S/C13H15FN2O5/c14-9-6-11(16(20)21)10(5-8(9)12(18)19)15-13(7-17)3-1-2-4-13/h5-6,15,17H,1-4,7H2,(H,18,19). The van der Waals surface area contributed by atoms with Crippen molar-refractivity contribution in [1.29, 1.82) is 0 Å². The van der Waals surface area contributed by atoms with E-state index >= 15 is 0 Å². The summed E-state index contributed by atoms with van der Waals surface area (Å²) < 4.78 is 13.6. The van der Waals surface area contributed by atoms with Crippen LogP contribution in [0.3, 0.4) is 0 Å². The lowest BCUT2D eigenvalue weighted by Crippen LogP contribution is -2.39. The molecule has 1 fully saturated rings. The highest BCUT2D eigenvalue weighted by molar-refractivity contribution is 5.90. The van der Waals surface area contributed by atoms with Crippen molar-refractivity contribution in [2.75, 3.05) is 11.9 Å². The molecule has 0 spiro atoms. The van der Waals surface area contributed by atoms with Gasteiger partial charge in [-0.15, -0.1) is 0 Å². The Morgan fingerprint density at radius 3 is 2.52 bits per heavy atom. The van der Waals surface area contributed by atoms with E-state index in [1.54, 1.807) is 0 Å². The normalized spacial score (nSPS) is 16.7. The Hall–Kier alpha value is -2.22. The Morgan fingerprint density at radius 1 is 1.43 bits per heavy atom. The lowest BCUT2D eigenvalue weighted by atomic mass is 9.97. The predicted molar refractivity (Wildman–Crippen MR) is 71.9 cm³/mol. The average molecular weight is 298 g/mol. The fourth-order valence-corrected chi connectivity index (χ4v) is 2.64. The van der Waals surface area contributed by atoms with Crippen LogP contribution >= 0.6 is 0 Å². The lowest BCUT2D eigenvalue weighted by molar-refractivity contribution is -0.384. The van der Waals surface area contributed by atoms with Gasteiger partial charge in [-0.05, 0) is 18.9 Å². The predicted octanol–water partition coefficient (Wildman–Crippen LogP) is 2.15. The first kappa shape index (κ1) is 15.2. The molecule has 3 N–H and O–H groups in total. The first-order valence-corrected chi connectivity index (χ1v) is 6.49. The van der Waals surface area contributed by atoms with Crippen molar-refractivity contribution in [3.8, 4) is 0 Å². The van der Waals surface area contributed by atoms with E-state index in [1.807, 2.05) is 0 Å². The minimum absolute atomic E-state index is 0.0882.